The Bertz CT molecular complexity index is 499. The minimum atomic E-state index is 0.713. The maximum atomic E-state index is 5.73. The number of nitrogens with zero attached hydrogens (tertiary/aromatic N) is 1. The van der Waals surface area contributed by atoms with Crippen molar-refractivity contribution in [1.29, 1.82) is 0 Å². The van der Waals surface area contributed by atoms with Gasteiger partial charge in [-0.25, -0.2) is 0 Å². The lowest BCUT2D eigenvalue weighted by molar-refractivity contribution is 0.268. The molecule has 0 radical (unpaired) electrons. The molecule has 0 heterocycles. The molecule has 3 N–H and O–H groups in total. The van der Waals surface area contributed by atoms with Crippen LogP contribution in [-0.2, 0) is 13.1 Å². The molecule has 0 aromatic heterocycles. The Balaban J connectivity index is 1.66. The molecule has 3 heteroatoms. The number of nitrogens with one attached hydrogen (secondary N) is 1. The molecular weight excluding hydrogens is 270 g/mol. The summed E-state index contributed by atoms with van der Waals surface area (Å²) >= 11 is 0. The average Bonchev–Trinajstić information content (AvgIpc) is 2.56. The second-order valence-electron chi connectivity index (χ2n) is 5.57. The minimum Gasteiger partial charge on any atom is -0.329 e. The second-order valence-corrected chi connectivity index (χ2v) is 5.57. The lowest BCUT2D eigenvalue weighted by Gasteiger charge is -2.21. The highest BCUT2D eigenvalue weighted by atomic mass is 15.1. The smallest absolute Gasteiger partial charge is 0.0234 e. The summed E-state index contributed by atoms with van der Waals surface area (Å²) < 4.78 is 0. The molecule has 0 fully saturated rings. The largest absolute Gasteiger partial charge is 0.329 e. The van der Waals surface area contributed by atoms with E-state index in [1.54, 1.807) is 0 Å². The first-order valence-electron chi connectivity index (χ1n) is 8.09. The molecule has 0 aliphatic rings. The molecule has 0 saturated carbocycles. The zero-order valence-corrected chi connectivity index (χ0v) is 13.2. The van der Waals surface area contributed by atoms with Crippen LogP contribution in [0.2, 0.25) is 0 Å². The third-order valence-electron chi connectivity index (χ3n) is 3.69. The predicted octanol–water partition coefficient (Wildman–Crippen LogP) is 2.63. The van der Waals surface area contributed by atoms with E-state index in [9.17, 15) is 0 Å². The second kappa shape index (κ2) is 10.1. The maximum absolute atomic E-state index is 5.73. The van der Waals surface area contributed by atoms with E-state index in [2.05, 4.69) is 70.9 Å². The van der Waals surface area contributed by atoms with Crippen LogP contribution in [0.3, 0.4) is 0 Å². The lowest BCUT2D eigenvalue weighted by atomic mass is 10.2. The van der Waals surface area contributed by atoms with Crippen molar-refractivity contribution in [2.75, 3.05) is 26.2 Å². The minimum absolute atomic E-state index is 0.713. The van der Waals surface area contributed by atoms with E-state index in [-0.39, 0.29) is 0 Å². The van der Waals surface area contributed by atoms with Gasteiger partial charge in [0.2, 0.25) is 0 Å². The van der Waals surface area contributed by atoms with Gasteiger partial charge in [-0.3, -0.25) is 4.90 Å². The number of benzene rings is 2. The third-order valence-corrected chi connectivity index (χ3v) is 3.69. The van der Waals surface area contributed by atoms with Gasteiger partial charge >= 0.3 is 0 Å². The van der Waals surface area contributed by atoms with Gasteiger partial charge in [0, 0.05) is 26.2 Å². The van der Waals surface area contributed by atoms with Crippen LogP contribution < -0.4 is 11.1 Å². The van der Waals surface area contributed by atoms with Crippen LogP contribution in [-0.4, -0.2) is 31.1 Å². The predicted molar refractivity (Wildman–Crippen MR) is 93.5 cm³/mol. The van der Waals surface area contributed by atoms with Gasteiger partial charge in [-0.1, -0.05) is 60.7 Å². The Kier molecular flexibility index (Phi) is 7.67. The quantitative estimate of drug-likeness (QED) is 0.662. The number of nitrogens with two attached hydrogens (primary N) is 1. The van der Waals surface area contributed by atoms with Gasteiger partial charge in [0.15, 0.2) is 0 Å². The van der Waals surface area contributed by atoms with Crippen LogP contribution in [0.15, 0.2) is 60.7 Å². The number of hydrogen-bond acceptors (Lipinski definition) is 3. The normalized spacial score (nSPS) is 11.0. The van der Waals surface area contributed by atoms with E-state index >= 15 is 0 Å². The summed E-state index contributed by atoms with van der Waals surface area (Å²) in [5.41, 5.74) is 8.43. The monoisotopic (exact) mass is 297 g/mol. The molecule has 0 atom stereocenters. The summed E-state index contributed by atoms with van der Waals surface area (Å²) in [7, 11) is 0. The van der Waals surface area contributed by atoms with Crippen LogP contribution in [0.5, 0.6) is 0 Å². The molecule has 0 aliphatic heterocycles. The van der Waals surface area contributed by atoms with Gasteiger partial charge < -0.3 is 11.1 Å². The first-order valence-corrected chi connectivity index (χ1v) is 8.09. The summed E-state index contributed by atoms with van der Waals surface area (Å²) in [5, 5.41) is 3.51. The van der Waals surface area contributed by atoms with Gasteiger partial charge in [-0.05, 0) is 30.6 Å². The zero-order valence-electron chi connectivity index (χ0n) is 13.2. The third kappa shape index (κ3) is 6.39. The number of hydrogen-bond donors (Lipinski definition) is 2. The van der Waals surface area contributed by atoms with Gasteiger partial charge in [0.05, 0.1) is 0 Å². The summed E-state index contributed by atoms with van der Waals surface area (Å²) in [6, 6.07) is 21.1. The molecule has 118 valence electrons. The maximum Gasteiger partial charge on any atom is 0.0234 e. The molecule has 3 nitrogen and oxygen atoms in total. The van der Waals surface area contributed by atoms with Crippen LogP contribution in [0.1, 0.15) is 17.5 Å². The van der Waals surface area contributed by atoms with Crippen molar-refractivity contribution in [3.05, 3.63) is 71.8 Å². The van der Waals surface area contributed by atoms with Gasteiger partial charge in [-0.2, -0.15) is 0 Å². The molecule has 0 bridgehead atoms. The van der Waals surface area contributed by atoms with Crippen LogP contribution in [0, 0.1) is 0 Å². The van der Waals surface area contributed by atoms with Crippen molar-refractivity contribution in [3.8, 4) is 0 Å². The van der Waals surface area contributed by atoms with Crippen molar-refractivity contribution in [3.63, 3.8) is 0 Å². The van der Waals surface area contributed by atoms with Crippen molar-refractivity contribution in [2.45, 2.75) is 19.5 Å². The first-order chi connectivity index (χ1) is 10.9. The SMILES string of the molecule is NCCN(CCCNCc1ccccc1)Cc1ccccc1. The van der Waals surface area contributed by atoms with E-state index in [1.807, 2.05) is 0 Å². The van der Waals surface area contributed by atoms with E-state index in [1.165, 1.54) is 11.1 Å². The Hall–Kier alpha value is -1.68. The average molecular weight is 297 g/mol. The standard InChI is InChI=1S/C19H27N3/c20-12-15-22(17-19-10-5-2-6-11-19)14-7-13-21-16-18-8-3-1-4-9-18/h1-6,8-11,21H,7,12-17,20H2. The summed E-state index contributed by atoms with van der Waals surface area (Å²) in [6.07, 6.45) is 1.14. The molecule has 2 aromatic carbocycles. The molecule has 0 aliphatic carbocycles. The molecule has 2 rings (SSSR count). The van der Waals surface area contributed by atoms with Gasteiger partial charge in [0.1, 0.15) is 0 Å². The first kappa shape index (κ1) is 16.7. The van der Waals surface area contributed by atoms with E-state index in [0.29, 0.717) is 6.54 Å². The molecule has 0 saturated heterocycles. The van der Waals surface area contributed by atoms with E-state index < -0.39 is 0 Å². The topological polar surface area (TPSA) is 41.3 Å². The van der Waals surface area contributed by atoms with E-state index in [0.717, 1.165) is 39.1 Å². The highest BCUT2D eigenvalue weighted by Crippen LogP contribution is 2.04. The van der Waals surface area contributed by atoms with Crippen molar-refractivity contribution in [1.82, 2.24) is 10.2 Å². The van der Waals surface area contributed by atoms with Gasteiger partial charge in [-0.15, -0.1) is 0 Å². The van der Waals surface area contributed by atoms with Crippen molar-refractivity contribution in [2.24, 2.45) is 5.73 Å². The molecule has 0 unspecified atom stereocenters. The lowest BCUT2D eigenvalue weighted by Crippen LogP contribution is -2.31. The van der Waals surface area contributed by atoms with Gasteiger partial charge in [0.25, 0.3) is 0 Å². The summed E-state index contributed by atoms with van der Waals surface area (Å²) in [4.78, 5) is 2.43. The molecule has 2 aromatic rings. The van der Waals surface area contributed by atoms with E-state index in [4.69, 9.17) is 5.73 Å². The van der Waals surface area contributed by atoms with Crippen LogP contribution in [0.4, 0.5) is 0 Å². The molecule has 22 heavy (non-hydrogen) atoms. The highest BCUT2D eigenvalue weighted by Gasteiger charge is 2.04. The Labute approximate surface area is 134 Å². The van der Waals surface area contributed by atoms with Crippen molar-refractivity contribution < 1.29 is 0 Å². The molecular formula is C19H27N3. The summed E-state index contributed by atoms with van der Waals surface area (Å²) in [6.45, 7) is 5.70. The van der Waals surface area contributed by atoms with Crippen LogP contribution in [0.25, 0.3) is 0 Å². The fraction of sp³-hybridized carbons (Fsp3) is 0.368. The Morgan fingerprint density at radius 2 is 1.45 bits per heavy atom. The Morgan fingerprint density at radius 1 is 0.818 bits per heavy atom. The molecule has 0 spiro atoms. The van der Waals surface area contributed by atoms with Crippen LogP contribution >= 0.6 is 0 Å². The number of rotatable bonds is 10. The zero-order chi connectivity index (χ0) is 15.5. The highest BCUT2D eigenvalue weighted by molar-refractivity contribution is 5.15. The fourth-order valence-electron chi connectivity index (χ4n) is 2.55. The fourth-order valence-corrected chi connectivity index (χ4v) is 2.55. The van der Waals surface area contributed by atoms with Crippen molar-refractivity contribution >= 4 is 0 Å². The summed E-state index contributed by atoms with van der Waals surface area (Å²) in [5.74, 6) is 0. The molecule has 0 amide bonds. The Morgan fingerprint density at radius 3 is 2.09 bits per heavy atom.